The smallest absolute Gasteiger partial charge is 0.383 e. The van der Waals surface area contributed by atoms with E-state index in [1.54, 1.807) is 44.2 Å². The number of ketones is 1. The third-order valence-corrected chi connectivity index (χ3v) is 15.7. The van der Waals surface area contributed by atoms with Crippen molar-refractivity contribution in [3.8, 4) is 0 Å². The van der Waals surface area contributed by atoms with Crippen molar-refractivity contribution in [3.63, 3.8) is 0 Å². The first-order valence-corrected chi connectivity index (χ1v) is 19.2. The lowest BCUT2D eigenvalue weighted by atomic mass is 9.50. The van der Waals surface area contributed by atoms with E-state index in [-0.39, 0.29) is 46.5 Å². The maximum absolute atomic E-state index is 15.3. The number of aryl methyl sites for hydroxylation is 1. The molecule has 48 heavy (non-hydrogen) atoms. The first kappa shape index (κ1) is 34.9. The average molecular weight is 712 g/mol. The molecule has 2 saturated carbocycles. The Morgan fingerprint density at radius 3 is 2.15 bits per heavy atom. The molecule has 1 N–H and O–H groups in total. The highest BCUT2D eigenvalue weighted by molar-refractivity contribution is 8.03. The number of allylic oxidation sites excluding steroid dienone is 4. The number of sulfonamides is 1. The standard InChI is InChI=1S/C35H38F5NO5S2/c1-4-47(44,41-48(45,46)26-11-5-21(2)6-12-26)25-13-7-22(8-14-25)29-20-32(3)30(17-18-33(32,43)34(36,37)35(38,39)40)28-15-9-23-19-24(42)10-16-27(23)31(28)29/h5-8,11-14,19,28-30,43H,4,9-10,15-18,20H2,1-3H3/t28?,29-,30?,32+,33+,47?/m1/s1. The lowest BCUT2D eigenvalue weighted by Crippen LogP contribution is -2.65. The summed E-state index contributed by atoms with van der Waals surface area (Å²) in [7, 11) is -7.78. The molecule has 4 aliphatic carbocycles. The van der Waals surface area contributed by atoms with Crippen molar-refractivity contribution < 1.29 is 44.5 Å². The molecule has 2 fully saturated rings. The Balaban J connectivity index is 1.47. The van der Waals surface area contributed by atoms with Gasteiger partial charge in [0.15, 0.2) is 5.78 Å². The Labute approximate surface area is 277 Å². The maximum Gasteiger partial charge on any atom is 0.456 e. The number of aliphatic hydroxyl groups is 1. The number of hydrogen-bond acceptors (Lipinski definition) is 5. The van der Waals surface area contributed by atoms with Crippen LogP contribution in [0.3, 0.4) is 0 Å². The summed E-state index contributed by atoms with van der Waals surface area (Å²) in [4.78, 5) is 12.3. The van der Waals surface area contributed by atoms with Crippen LogP contribution < -0.4 is 0 Å². The van der Waals surface area contributed by atoms with E-state index in [1.807, 2.05) is 0 Å². The Morgan fingerprint density at radius 1 is 0.917 bits per heavy atom. The largest absolute Gasteiger partial charge is 0.456 e. The minimum atomic E-state index is -5.95. The molecule has 0 amide bonds. The molecule has 0 radical (unpaired) electrons. The van der Waals surface area contributed by atoms with E-state index in [9.17, 15) is 35.7 Å². The summed E-state index contributed by atoms with van der Waals surface area (Å²) in [5, 5.41) is 11.5. The zero-order valence-electron chi connectivity index (χ0n) is 26.8. The van der Waals surface area contributed by atoms with Gasteiger partial charge in [0.05, 0.1) is 14.6 Å². The van der Waals surface area contributed by atoms with Gasteiger partial charge in [0.2, 0.25) is 0 Å². The summed E-state index contributed by atoms with van der Waals surface area (Å²) in [5.74, 6) is -7.21. The van der Waals surface area contributed by atoms with E-state index in [4.69, 9.17) is 0 Å². The van der Waals surface area contributed by atoms with Crippen LogP contribution in [-0.4, -0.2) is 47.0 Å². The minimum Gasteiger partial charge on any atom is -0.383 e. The van der Waals surface area contributed by atoms with Crippen LogP contribution in [0.25, 0.3) is 0 Å². The van der Waals surface area contributed by atoms with Crippen LogP contribution in [0, 0.1) is 24.2 Å². The molecule has 6 rings (SSSR count). The van der Waals surface area contributed by atoms with Gasteiger partial charge < -0.3 is 5.11 Å². The Hall–Kier alpha value is -2.90. The van der Waals surface area contributed by atoms with Gasteiger partial charge in [-0.15, -0.1) is 3.77 Å². The highest BCUT2D eigenvalue weighted by Gasteiger charge is 2.79. The second-order valence-corrected chi connectivity index (χ2v) is 18.2. The third kappa shape index (κ3) is 5.30. The summed E-state index contributed by atoms with van der Waals surface area (Å²) < 4.78 is 116. The first-order chi connectivity index (χ1) is 22.3. The van der Waals surface area contributed by atoms with Crippen molar-refractivity contribution in [2.24, 2.45) is 21.0 Å². The number of rotatable bonds is 6. The summed E-state index contributed by atoms with van der Waals surface area (Å²) in [6.45, 7) is 4.69. The summed E-state index contributed by atoms with van der Waals surface area (Å²) in [5.41, 5.74) is -1.09. The molecule has 0 bridgehead atoms. The van der Waals surface area contributed by atoms with Crippen molar-refractivity contribution in [2.45, 2.75) is 99.1 Å². The van der Waals surface area contributed by atoms with Gasteiger partial charge in [-0.1, -0.05) is 49.2 Å². The van der Waals surface area contributed by atoms with Crippen LogP contribution in [0.1, 0.15) is 75.8 Å². The fraction of sp³-hybridized carbons (Fsp3) is 0.514. The van der Waals surface area contributed by atoms with Gasteiger partial charge in [0.1, 0.15) is 5.60 Å². The molecule has 6 nitrogen and oxygen atoms in total. The Kier molecular flexibility index (Phi) is 8.43. The van der Waals surface area contributed by atoms with Gasteiger partial charge in [-0.25, -0.2) is 4.21 Å². The normalized spacial score (nSPS) is 30.6. The number of halogens is 5. The summed E-state index contributed by atoms with van der Waals surface area (Å²) in [6.07, 6.45) is -3.65. The molecule has 0 spiro atoms. The average Bonchev–Trinajstić information content (AvgIpc) is 3.31. The van der Waals surface area contributed by atoms with Crippen LogP contribution in [0.15, 0.2) is 84.9 Å². The van der Waals surface area contributed by atoms with E-state index in [0.29, 0.717) is 24.8 Å². The second-order valence-electron chi connectivity index (χ2n) is 13.8. The number of carbonyl (C=O) groups excluding carboxylic acids is 1. The molecule has 0 heterocycles. The predicted molar refractivity (Wildman–Crippen MR) is 170 cm³/mol. The molecule has 2 aromatic rings. The highest BCUT2D eigenvalue weighted by atomic mass is 32.3. The van der Waals surface area contributed by atoms with Gasteiger partial charge >= 0.3 is 12.1 Å². The molecular formula is C35H38F5NO5S2. The fourth-order valence-electron chi connectivity index (χ4n) is 8.80. The molecule has 0 aliphatic heterocycles. The third-order valence-electron chi connectivity index (χ3n) is 11.3. The van der Waals surface area contributed by atoms with Crippen molar-refractivity contribution in [3.05, 3.63) is 82.5 Å². The molecule has 13 heteroatoms. The molecule has 4 aliphatic rings. The van der Waals surface area contributed by atoms with Crippen LogP contribution in [0.4, 0.5) is 22.0 Å². The number of fused-ring (bicyclic) bond motifs is 4. The monoisotopic (exact) mass is 711 g/mol. The Bertz CT molecular complexity index is 1940. The molecule has 6 atom stereocenters. The SMILES string of the molecule is CCS(=O)(=NS(=O)(=O)c1ccc(C)cc1)c1ccc([C@H]2C[C@@]3(C)C(CC[C@@]3(O)C(F)(F)C(F)(F)F)C3CCC4=CC(=O)CCC4=C32)cc1. The van der Waals surface area contributed by atoms with Gasteiger partial charge in [-0.3, -0.25) is 4.79 Å². The number of benzene rings is 2. The van der Waals surface area contributed by atoms with Crippen LogP contribution in [0.2, 0.25) is 0 Å². The van der Waals surface area contributed by atoms with E-state index >= 15 is 8.78 Å². The minimum absolute atomic E-state index is 0.000719. The van der Waals surface area contributed by atoms with Gasteiger partial charge in [0, 0.05) is 28.4 Å². The fourth-order valence-corrected chi connectivity index (χ4v) is 12.6. The number of nitrogens with zero attached hydrogens (tertiary/aromatic N) is 1. The highest BCUT2D eigenvalue weighted by Crippen LogP contribution is 2.70. The van der Waals surface area contributed by atoms with Gasteiger partial charge in [-0.2, -0.15) is 30.4 Å². The van der Waals surface area contributed by atoms with Gasteiger partial charge in [0.25, 0.3) is 10.0 Å². The van der Waals surface area contributed by atoms with Crippen molar-refractivity contribution in [1.82, 2.24) is 0 Å². The van der Waals surface area contributed by atoms with E-state index in [1.165, 1.54) is 31.2 Å². The summed E-state index contributed by atoms with van der Waals surface area (Å²) >= 11 is 0. The second kappa shape index (κ2) is 11.6. The lowest BCUT2D eigenvalue weighted by Gasteiger charge is -2.56. The van der Waals surface area contributed by atoms with Crippen molar-refractivity contribution in [1.29, 1.82) is 0 Å². The van der Waals surface area contributed by atoms with E-state index < -0.39 is 61.1 Å². The Morgan fingerprint density at radius 2 is 1.54 bits per heavy atom. The predicted octanol–water partition coefficient (Wildman–Crippen LogP) is 8.06. The molecule has 0 aromatic heterocycles. The number of carbonyl (C=O) groups is 1. The zero-order valence-corrected chi connectivity index (χ0v) is 28.5. The van der Waals surface area contributed by atoms with Crippen LogP contribution in [-0.2, 0) is 24.5 Å². The molecule has 2 aromatic carbocycles. The van der Waals surface area contributed by atoms with E-state index in [0.717, 1.165) is 22.3 Å². The van der Waals surface area contributed by atoms with E-state index in [2.05, 4.69) is 3.77 Å². The molecule has 0 saturated heterocycles. The number of alkyl halides is 5. The first-order valence-electron chi connectivity index (χ1n) is 16.1. The molecular weight excluding hydrogens is 674 g/mol. The zero-order chi connectivity index (χ0) is 35.1. The topological polar surface area (TPSA) is 101 Å². The van der Waals surface area contributed by atoms with Gasteiger partial charge in [-0.05, 0) is 104 Å². The maximum atomic E-state index is 15.3. The lowest BCUT2D eigenvalue weighted by molar-refractivity contribution is -0.362. The molecule has 260 valence electrons. The van der Waals surface area contributed by atoms with Crippen LogP contribution >= 0.6 is 0 Å². The number of hydrogen-bond donors (Lipinski definition) is 1. The molecule has 3 unspecified atom stereocenters. The van der Waals surface area contributed by atoms with Crippen LogP contribution in [0.5, 0.6) is 0 Å². The van der Waals surface area contributed by atoms with Crippen molar-refractivity contribution >= 4 is 25.5 Å². The quantitative estimate of drug-likeness (QED) is 0.306. The van der Waals surface area contributed by atoms with Crippen molar-refractivity contribution in [2.75, 3.05) is 5.75 Å². The summed E-state index contributed by atoms with van der Waals surface area (Å²) in [6, 6.07) is 12.1.